The second kappa shape index (κ2) is 3.58. The lowest BCUT2D eigenvalue weighted by Crippen LogP contribution is -2.28. The number of imidazole rings is 1. The summed E-state index contributed by atoms with van der Waals surface area (Å²) in [7, 11) is 1.71. The van der Waals surface area contributed by atoms with Crippen molar-refractivity contribution < 1.29 is 4.74 Å². The van der Waals surface area contributed by atoms with Gasteiger partial charge in [-0.2, -0.15) is 0 Å². The number of hydrogen-bond acceptors (Lipinski definition) is 2. The Kier molecular flexibility index (Phi) is 2.90. The van der Waals surface area contributed by atoms with Gasteiger partial charge in [-0.25, -0.2) is 4.98 Å². The quantitative estimate of drug-likeness (QED) is 0.799. The number of nitrogens with zero attached hydrogens (tertiary/aromatic N) is 2. The Labute approximate surface area is 80.9 Å². The van der Waals surface area contributed by atoms with Crippen LogP contribution in [0.3, 0.4) is 0 Å². The molecule has 0 atom stereocenters. The first-order valence-electron chi connectivity index (χ1n) is 3.76. The largest absolute Gasteiger partial charge is 0.377 e. The van der Waals surface area contributed by atoms with E-state index in [9.17, 15) is 0 Å². The predicted molar refractivity (Wildman–Crippen MR) is 51.0 cm³/mol. The average Bonchev–Trinajstić information content (AvgIpc) is 2.35. The van der Waals surface area contributed by atoms with Gasteiger partial charge in [0.25, 0.3) is 0 Å². The molecule has 0 fully saturated rings. The van der Waals surface area contributed by atoms with E-state index in [-0.39, 0.29) is 5.60 Å². The molecule has 0 unspecified atom stereocenters. The standard InChI is InChI=1S/C8H13BrN2O/c1-8(2,12-3)5-11-4-7(9)10-6-11/h4,6H,5H2,1-3H3. The SMILES string of the molecule is COC(C)(C)Cn1cnc(Br)c1. The molecule has 0 radical (unpaired) electrons. The summed E-state index contributed by atoms with van der Waals surface area (Å²) in [5.41, 5.74) is -0.139. The maximum atomic E-state index is 5.29. The van der Waals surface area contributed by atoms with E-state index in [1.165, 1.54) is 0 Å². The van der Waals surface area contributed by atoms with Crippen LogP contribution in [-0.4, -0.2) is 22.3 Å². The van der Waals surface area contributed by atoms with Crippen LogP contribution in [-0.2, 0) is 11.3 Å². The molecule has 0 spiro atoms. The number of halogens is 1. The molecule has 1 rings (SSSR count). The van der Waals surface area contributed by atoms with Crippen LogP contribution in [0.2, 0.25) is 0 Å². The van der Waals surface area contributed by atoms with E-state index in [2.05, 4.69) is 20.9 Å². The van der Waals surface area contributed by atoms with Gasteiger partial charge in [0.15, 0.2) is 0 Å². The van der Waals surface area contributed by atoms with Crippen LogP contribution in [0.1, 0.15) is 13.8 Å². The number of ether oxygens (including phenoxy) is 1. The van der Waals surface area contributed by atoms with Gasteiger partial charge in [-0.05, 0) is 29.8 Å². The van der Waals surface area contributed by atoms with Gasteiger partial charge in [-0.15, -0.1) is 0 Å². The zero-order chi connectivity index (χ0) is 9.19. The third kappa shape index (κ3) is 2.60. The molecule has 0 aliphatic rings. The summed E-state index contributed by atoms with van der Waals surface area (Å²) < 4.78 is 8.14. The summed E-state index contributed by atoms with van der Waals surface area (Å²) in [5.74, 6) is 0. The van der Waals surface area contributed by atoms with Crippen molar-refractivity contribution in [2.24, 2.45) is 0 Å². The Morgan fingerprint density at radius 1 is 1.67 bits per heavy atom. The Morgan fingerprint density at radius 2 is 2.33 bits per heavy atom. The Bertz CT molecular complexity index is 257. The van der Waals surface area contributed by atoms with Crippen LogP contribution in [0.5, 0.6) is 0 Å². The van der Waals surface area contributed by atoms with Crippen molar-refractivity contribution in [2.75, 3.05) is 7.11 Å². The third-order valence-electron chi connectivity index (χ3n) is 1.72. The Morgan fingerprint density at radius 3 is 2.75 bits per heavy atom. The van der Waals surface area contributed by atoms with Gasteiger partial charge in [0.05, 0.1) is 18.5 Å². The Hall–Kier alpha value is -0.350. The molecule has 3 nitrogen and oxygen atoms in total. The van der Waals surface area contributed by atoms with Gasteiger partial charge >= 0.3 is 0 Å². The molecule has 0 aliphatic carbocycles. The second-order valence-electron chi connectivity index (χ2n) is 3.33. The summed E-state index contributed by atoms with van der Waals surface area (Å²) in [6.07, 6.45) is 3.71. The van der Waals surface area contributed by atoms with Crippen molar-refractivity contribution in [3.63, 3.8) is 0 Å². The fraction of sp³-hybridized carbons (Fsp3) is 0.625. The molecule has 1 aromatic rings. The van der Waals surface area contributed by atoms with Crippen molar-refractivity contribution in [2.45, 2.75) is 26.0 Å². The topological polar surface area (TPSA) is 27.1 Å². The van der Waals surface area contributed by atoms with E-state index in [0.29, 0.717) is 0 Å². The van der Waals surface area contributed by atoms with Crippen LogP contribution >= 0.6 is 15.9 Å². The van der Waals surface area contributed by atoms with Crippen molar-refractivity contribution >= 4 is 15.9 Å². The first-order chi connectivity index (χ1) is 5.53. The normalized spacial score (nSPS) is 12.0. The van der Waals surface area contributed by atoms with Crippen molar-refractivity contribution in [3.05, 3.63) is 17.1 Å². The molecule has 1 heterocycles. The highest BCUT2D eigenvalue weighted by atomic mass is 79.9. The van der Waals surface area contributed by atoms with E-state index in [1.807, 2.05) is 24.6 Å². The third-order valence-corrected chi connectivity index (χ3v) is 2.13. The van der Waals surface area contributed by atoms with E-state index in [1.54, 1.807) is 13.4 Å². The highest BCUT2D eigenvalue weighted by Gasteiger charge is 2.16. The van der Waals surface area contributed by atoms with Crippen LogP contribution in [0.25, 0.3) is 0 Å². The van der Waals surface area contributed by atoms with E-state index >= 15 is 0 Å². The van der Waals surface area contributed by atoms with E-state index in [4.69, 9.17) is 4.74 Å². The molecule has 0 aliphatic heterocycles. The number of aromatic nitrogens is 2. The van der Waals surface area contributed by atoms with Gasteiger partial charge in [0, 0.05) is 13.3 Å². The van der Waals surface area contributed by atoms with Gasteiger partial charge in [0.1, 0.15) is 4.60 Å². The molecule has 0 saturated heterocycles. The fourth-order valence-electron chi connectivity index (χ4n) is 0.924. The summed E-state index contributed by atoms with van der Waals surface area (Å²) in [5, 5.41) is 0. The lowest BCUT2D eigenvalue weighted by Gasteiger charge is -2.22. The lowest BCUT2D eigenvalue weighted by molar-refractivity contribution is 0.00813. The number of methoxy groups -OCH3 is 1. The van der Waals surface area contributed by atoms with Gasteiger partial charge in [0.2, 0.25) is 0 Å². The molecular weight excluding hydrogens is 220 g/mol. The average molecular weight is 233 g/mol. The van der Waals surface area contributed by atoms with Crippen molar-refractivity contribution in [1.82, 2.24) is 9.55 Å². The summed E-state index contributed by atoms with van der Waals surface area (Å²) in [6.45, 7) is 4.89. The van der Waals surface area contributed by atoms with Crippen LogP contribution < -0.4 is 0 Å². The molecule has 0 bridgehead atoms. The maximum Gasteiger partial charge on any atom is 0.124 e. The van der Waals surface area contributed by atoms with Crippen molar-refractivity contribution in [3.8, 4) is 0 Å². The van der Waals surface area contributed by atoms with Gasteiger partial charge in [-0.3, -0.25) is 0 Å². The molecule has 0 saturated carbocycles. The number of hydrogen-bond donors (Lipinski definition) is 0. The summed E-state index contributed by atoms with van der Waals surface area (Å²) in [6, 6.07) is 0. The monoisotopic (exact) mass is 232 g/mol. The molecule has 0 amide bonds. The molecule has 4 heteroatoms. The van der Waals surface area contributed by atoms with Crippen LogP contribution in [0.4, 0.5) is 0 Å². The van der Waals surface area contributed by atoms with Crippen LogP contribution in [0.15, 0.2) is 17.1 Å². The molecule has 1 aromatic heterocycles. The smallest absolute Gasteiger partial charge is 0.124 e. The molecule has 12 heavy (non-hydrogen) atoms. The fourth-order valence-corrected chi connectivity index (χ4v) is 1.28. The Balaban J connectivity index is 2.63. The minimum absolute atomic E-state index is 0.139. The maximum absolute atomic E-state index is 5.29. The minimum atomic E-state index is -0.139. The zero-order valence-electron chi connectivity index (χ0n) is 7.54. The molecule has 0 N–H and O–H groups in total. The number of rotatable bonds is 3. The molecule has 68 valence electrons. The zero-order valence-corrected chi connectivity index (χ0v) is 9.13. The van der Waals surface area contributed by atoms with E-state index < -0.39 is 0 Å². The first-order valence-corrected chi connectivity index (χ1v) is 4.55. The molecular formula is C8H13BrN2O. The van der Waals surface area contributed by atoms with Gasteiger partial charge in [-0.1, -0.05) is 0 Å². The highest BCUT2D eigenvalue weighted by Crippen LogP contribution is 2.12. The lowest BCUT2D eigenvalue weighted by atomic mass is 10.1. The summed E-state index contributed by atoms with van der Waals surface area (Å²) >= 11 is 3.29. The minimum Gasteiger partial charge on any atom is -0.377 e. The van der Waals surface area contributed by atoms with Crippen LogP contribution in [0, 0.1) is 0 Å². The van der Waals surface area contributed by atoms with Crippen molar-refractivity contribution in [1.29, 1.82) is 0 Å². The molecule has 0 aromatic carbocycles. The highest BCUT2D eigenvalue weighted by molar-refractivity contribution is 9.10. The van der Waals surface area contributed by atoms with E-state index in [0.717, 1.165) is 11.1 Å². The van der Waals surface area contributed by atoms with Gasteiger partial charge < -0.3 is 9.30 Å². The summed E-state index contributed by atoms with van der Waals surface area (Å²) in [4.78, 5) is 4.06. The first kappa shape index (κ1) is 9.74. The second-order valence-corrected chi connectivity index (χ2v) is 4.15. The predicted octanol–water partition coefficient (Wildman–Crippen LogP) is 2.07.